The lowest BCUT2D eigenvalue weighted by molar-refractivity contribution is -0.144. The van der Waals surface area contributed by atoms with Crippen molar-refractivity contribution >= 4 is 34.0 Å². The summed E-state index contributed by atoms with van der Waals surface area (Å²) in [7, 11) is 0. The Morgan fingerprint density at radius 1 is 1.15 bits per heavy atom. The van der Waals surface area contributed by atoms with Gasteiger partial charge in [-0.3, -0.25) is 5.43 Å². The third-order valence-corrected chi connectivity index (χ3v) is 3.77. The highest BCUT2D eigenvalue weighted by atomic mass is 35.5. The summed E-state index contributed by atoms with van der Waals surface area (Å²) in [5.74, 6) is -1.41. The van der Waals surface area contributed by atoms with Gasteiger partial charge in [-0.25, -0.2) is 9.97 Å². The molecule has 2 N–H and O–H groups in total. The highest BCUT2D eigenvalue weighted by Gasteiger charge is 2.35. The zero-order valence-corrected chi connectivity index (χ0v) is 14.1. The van der Waals surface area contributed by atoms with E-state index in [0.717, 1.165) is 0 Å². The fraction of sp³-hybridized carbons (Fsp3) is 0.118. The molecule has 0 bridgehead atoms. The van der Waals surface area contributed by atoms with Gasteiger partial charge in [0.2, 0.25) is 5.82 Å². The van der Waals surface area contributed by atoms with E-state index in [2.05, 4.69) is 20.5 Å². The first-order valence-electron chi connectivity index (χ1n) is 7.39. The van der Waals surface area contributed by atoms with Gasteiger partial charge in [-0.1, -0.05) is 23.7 Å². The van der Waals surface area contributed by atoms with Gasteiger partial charge in [0.25, 0.3) is 0 Å². The topological polar surface area (TPSA) is 70.4 Å². The van der Waals surface area contributed by atoms with Gasteiger partial charge < -0.3 is 5.11 Å². The molecule has 3 aromatic rings. The molecule has 0 aliphatic carbocycles. The number of anilines is 1. The molecule has 0 atom stereocenters. The Kier molecular flexibility index (Phi) is 4.69. The van der Waals surface area contributed by atoms with Crippen molar-refractivity contribution < 1.29 is 18.3 Å². The van der Waals surface area contributed by atoms with Crippen LogP contribution in [0.1, 0.15) is 18.3 Å². The predicted molar refractivity (Wildman–Crippen MR) is 93.5 cm³/mol. The number of fused-ring (bicyclic) bond motifs is 1. The van der Waals surface area contributed by atoms with Crippen molar-refractivity contribution in [2.75, 3.05) is 5.43 Å². The number of hydrazone groups is 1. The summed E-state index contributed by atoms with van der Waals surface area (Å²) >= 11 is 5.90. The third-order valence-electron chi connectivity index (χ3n) is 3.53. The van der Waals surface area contributed by atoms with E-state index < -0.39 is 12.0 Å². The summed E-state index contributed by atoms with van der Waals surface area (Å²) in [6, 6.07) is 10.7. The second-order valence-electron chi connectivity index (χ2n) is 5.38. The molecule has 0 unspecified atom stereocenters. The van der Waals surface area contributed by atoms with E-state index >= 15 is 0 Å². The molecule has 0 saturated carbocycles. The van der Waals surface area contributed by atoms with Gasteiger partial charge in [0, 0.05) is 16.0 Å². The Labute approximate surface area is 151 Å². The number of nitrogens with one attached hydrogen (secondary N) is 1. The average Bonchev–Trinajstić information content (AvgIpc) is 2.60. The molecule has 1 heterocycles. The van der Waals surface area contributed by atoms with Crippen LogP contribution in [-0.2, 0) is 6.18 Å². The molecule has 9 heteroatoms. The minimum atomic E-state index is -4.69. The molecule has 26 heavy (non-hydrogen) atoms. The molecule has 3 rings (SSSR count). The van der Waals surface area contributed by atoms with E-state index in [1.54, 1.807) is 25.1 Å². The normalized spacial score (nSPS) is 12.4. The Morgan fingerprint density at radius 3 is 2.62 bits per heavy atom. The summed E-state index contributed by atoms with van der Waals surface area (Å²) in [5.41, 5.74) is 3.33. The van der Waals surface area contributed by atoms with E-state index in [9.17, 15) is 18.3 Å². The van der Waals surface area contributed by atoms with Crippen LogP contribution in [0.5, 0.6) is 5.75 Å². The van der Waals surface area contributed by atoms with Gasteiger partial charge in [-0.2, -0.15) is 18.3 Å². The molecule has 2 aromatic carbocycles. The Hall–Kier alpha value is -2.87. The van der Waals surface area contributed by atoms with Gasteiger partial charge in [-0.05, 0) is 37.3 Å². The summed E-state index contributed by atoms with van der Waals surface area (Å²) in [6.45, 7) is 1.58. The number of hydrogen-bond donors (Lipinski definition) is 2. The average molecular weight is 381 g/mol. The fourth-order valence-electron chi connectivity index (χ4n) is 2.28. The first kappa shape index (κ1) is 17.9. The molecule has 0 radical (unpaired) electrons. The van der Waals surface area contributed by atoms with Gasteiger partial charge in [0.05, 0.1) is 11.2 Å². The number of hydrogen-bond acceptors (Lipinski definition) is 5. The van der Waals surface area contributed by atoms with Crippen molar-refractivity contribution in [2.45, 2.75) is 13.1 Å². The smallest absolute Gasteiger partial charge is 0.451 e. The van der Waals surface area contributed by atoms with Crippen molar-refractivity contribution in [2.24, 2.45) is 5.10 Å². The van der Waals surface area contributed by atoms with Crippen LogP contribution in [0, 0.1) is 0 Å². The van der Waals surface area contributed by atoms with Crippen LogP contribution in [0.4, 0.5) is 19.0 Å². The molecule has 0 saturated heterocycles. The minimum Gasteiger partial charge on any atom is -0.507 e. The number of phenolic OH excluding ortho intramolecular Hbond substituents is 1. The Balaban J connectivity index is 2.04. The Bertz CT molecular complexity index is 1000. The maximum atomic E-state index is 13.0. The standard InChI is InChI=1S/C17H12ClF3N4O/c1-9(12-8-10(18)6-7-14(12)26)24-25-15-11-4-2-3-5-13(11)22-16(23-15)17(19,20)21/h2-8,26H,1H3,(H,22,23,25)/b24-9+. The molecule has 0 fully saturated rings. The maximum absolute atomic E-state index is 13.0. The minimum absolute atomic E-state index is 0.0547. The van der Waals surface area contributed by atoms with Crippen LogP contribution in [0.25, 0.3) is 10.9 Å². The number of phenols is 1. The van der Waals surface area contributed by atoms with Crippen LogP contribution < -0.4 is 5.43 Å². The van der Waals surface area contributed by atoms with Gasteiger partial charge >= 0.3 is 6.18 Å². The van der Waals surface area contributed by atoms with Crippen LogP contribution in [0.15, 0.2) is 47.6 Å². The molecule has 0 amide bonds. The summed E-state index contributed by atoms with van der Waals surface area (Å²) < 4.78 is 39.1. The first-order valence-corrected chi connectivity index (χ1v) is 7.76. The molecule has 0 aliphatic rings. The van der Waals surface area contributed by atoms with Crippen molar-refractivity contribution in [3.63, 3.8) is 0 Å². The number of aromatic hydroxyl groups is 1. The largest absolute Gasteiger partial charge is 0.507 e. The lowest BCUT2D eigenvalue weighted by Gasteiger charge is -2.11. The summed E-state index contributed by atoms with van der Waals surface area (Å²) in [6.07, 6.45) is -4.69. The van der Waals surface area contributed by atoms with Crippen LogP contribution in [0.2, 0.25) is 5.02 Å². The zero-order chi connectivity index (χ0) is 18.9. The number of alkyl halides is 3. The monoisotopic (exact) mass is 380 g/mol. The van der Waals surface area contributed by atoms with Crippen molar-refractivity contribution in [1.29, 1.82) is 0 Å². The molecule has 5 nitrogen and oxygen atoms in total. The number of nitrogens with zero attached hydrogens (tertiary/aromatic N) is 3. The van der Waals surface area contributed by atoms with Gasteiger partial charge in [-0.15, -0.1) is 0 Å². The van der Waals surface area contributed by atoms with E-state index in [-0.39, 0.29) is 17.1 Å². The third kappa shape index (κ3) is 3.70. The number of aromatic nitrogens is 2. The number of halogens is 4. The zero-order valence-electron chi connectivity index (χ0n) is 13.3. The van der Waals surface area contributed by atoms with E-state index in [0.29, 0.717) is 21.7 Å². The van der Waals surface area contributed by atoms with E-state index in [4.69, 9.17) is 11.6 Å². The molecular weight excluding hydrogens is 369 g/mol. The fourth-order valence-corrected chi connectivity index (χ4v) is 2.46. The predicted octanol–water partition coefficient (Wildman–Crippen LogP) is 4.84. The lowest BCUT2D eigenvalue weighted by Crippen LogP contribution is -2.13. The molecule has 134 valence electrons. The van der Waals surface area contributed by atoms with Crippen molar-refractivity contribution in [3.8, 4) is 5.75 Å². The quantitative estimate of drug-likeness (QED) is 0.503. The SMILES string of the molecule is C/C(=N\Nc1nc(C(F)(F)F)nc2ccccc12)c1cc(Cl)ccc1O. The first-order chi connectivity index (χ1) is 12.3. The van der Waals surface area contributed by atoms with Crippen molar-refractivity contribution in [1.82, 2.24) is 9.97 Å². The van der Waals surface area contributed by atoms with Gasteiger partial charge in [0.15, 0.2) is 5.82 Å². The van der Waals surface area contributed by atoms with E-state index in [1.165, 1.54) is 24.3 Å². The van der Waals surface area contributed by atoms with Crippen LogP contribution >= 0.6 is 11.6 Å². The maximum Gasteiger partial charge on any atom is 0.451 e. The highest BCUT2D eigenvalue weighted by Crippen LogP contribution is 2.30. The Morgan fingerprint density at radius 2 is 1.88 bits per heavy atom. The second kappa shape index (κ2) is 6.80. The number of benzene rings is 2. The van der Waals surface area contributed by atoms with Crippen LogP contribution in [-0.4, -0.2) is 20.8 Å². The summed E-state index contributed by atoms with van der Waals surface area (Å²) in [4.78, 5) is 7.07. The van der Waals surface area contributed by atoms with Gasteiger partial charge in [0.1, 0.15) is 5.75 Å². The molecule has 1 aromatic heterocycles. The molecule has 0 aliphatic heterocycles. The molecular formula is C17H12ClF3N4O. The number of rotatable bonds is 3. The van der Waals surface area contributed by atoms with Crippen LogP contribution in [0.3, 0.4) is 0 Å². The highest BCUT2D eigenvalue weighted by molar-refractivity contribution is 6.31. The number of para-hydroxylation sites is 1. The van der Waals surface area contributed by atoms with E-state index in [1.807, 2.05) is 0 Å². The summed E-state index contributed by atoms with van der Waals surface area (Å²) in [5, 5.41) is 14.7. The lowest BCUT2D eigenvalue weighted by atomic mass is 10.1. The second-order valence-corrected chi connectivity index (χ2v) is 5.82. The van der Waals surface area contributed by atoms with Crippen molar-refractivity contribution in [3.05, 3.63) is 58.9 Å². The molecule has 0 spiro atoms.